The van der Waals surface area contributed by atoms with Crippen LogP contribution in [0.2, 0.25) is 0 Å². The maximum Gasteiger partial charge on any atom is 0.0716 e. The first-order valence-corrected chi connectivity index (χ1v) is 4.71. The van der Waals surface area contributed by atoms with Gasteiger partial charge < -0.3 is 15.8 Å². The van der Waals surface area contributed by atoms with Crippen molar-refractivity contribution >= 4 is 0 Å². The number of hydrogen-bond acceptors (Lipinski definition) is 3. The molecule has 1 rings (SSSR count). The van der Waals surface area contributed by atoms with Crippen LogP contribution in [0.4, 0.5) is 0 Å². The van der Waals surface area contributed by atoms with E-state index in [-0.39, 0.29) is 6.10 Å². The summed E-state index contributed by atoms with van der Waals surface area (Å²) in [5.41, 5.74) is 5.58. The van der Waals surface area contributed by atoms with E-state index in [9.17, 15) is 0 Å². The standard InChI is InChI=1S/C9H20N2O/c1-6-7(2)12-8(5-10)4-9(6)11-3/h6-9,11H,4-5,10H2,1-3H3. The van der Waals surface area contributed by atoms with E-state index in [1.54, 1.807) is 0 Å². The Morgan fingerprint density at radius 2 is 2.17 bits per heavy atom. The molecule has 1 heterocycles. The van der Waals surface area contributed by atoms with Gasteiger partial charge >= 0.3 is 0 Å². The summed E-state index contributed by atoms with van der Waals surface area (Å²) < 4.78 is 5.71. The number of rotatable bonds is 2. The van der Waals surface area contributed by atoms with Crippen LogP contribution in [0.15, 0.2) is 0 Å². The molecular weight excluding hydrogens is 152 g/mol. The molecule has 1 aliphatic heterocycles. The van der Waals surface area contributed by atoms with Crippen molar-refractivity contribution in [2.45, 2.75) is 38.5 Å². The minimum atomic E-state index is 0.244. The molecule has 0 aromatic heterocycles. The molecule has 0 aliphatic carbocycles. The van der Waals surface area contributed by atoms with E-state index in [0.29, 0.717) is 24.6 Å². The highest BCUT2D eigenvalue weighted by molar-refractivity contribution is 4.85. The lowest BCUT2D eigenvalue weighted by Gasteiger charge is -2.38. The Morgan fingerprint density at radius 1 is 1.50 bits per heavy atom. The molecule has 1 aliphatic rings. The molecule has 0 aromatic rings. The number of hydrogen-bond donors (Lipinski definition) is 2. The molecule has 0 saturated carbocycles. The lowest BCUT2D eigenvalue weighted by molar-refractivity contribution is -0.0773. The molecule has 3 nitrogen and oxygen atoms in total. The fourth-order valence-corrected chi connectivity index (χ4v) is 1.84. The molecule has 0 amide bonds. The third-order valence-corrected chi connectivity index (χ3v) is 2.93. The van der Waals surface area contributed by atoms with Crippen molar-refractivity contribution in [1.29, 1.82) is 0 Å². The molecule has 1 fully saturated rings. The molecule has 4 unspecified atom stereocenters. The Bertz CT molecular complexity index is 140. The van der Waals surface area contributed by atoms with Gasteiger partial charge in [-0.2, -0.15) is 0 Å². The predicted octanol–water partition coefficient (Wildman–Crippen LogP) is 0.347. The van der Waals surface area contributed by atoms with Crippen LogP contribution in [0.3, 0.4) is 0 Å². The summed E-state index contributed by atoms with van der Waals surface area (Å²) in [5.74, 6) is 0.581. The van der Waals surface area contributed by atoms with Gasteiger partial charge in [-0.3, -0.25) is 0 Å². The monoisotopic (exact) mass is 172 g/mol. The Labute approximate surface area is 74.7 Å². The van der Waals surface area contributed by atoms with Gasteiger partial charge in [0.15, 0.2) is 0 Å². The second-order valence-corrected chi connectivity index (χ2v) is 3.69. The SMILES string of the molecule is CNC1CC(CN)OC(C)C1C. The molecule has 3 N–H and O–H groups in total. The van der Waals surface area contributed by atoms with Gasteiger partial charge in [-0.15, -0.1) is 0 Å². The average Bonchev–Trinajstić information content (AvgIpc) is 2.09. The highest BCUT2D eigenvalue weighted by Crippen LogP contribution is 2.24. The number of ether oxygens (including phenoxy) is 1. The first-order valence-electron chi connectivity index (χ1n) is 4.71. The average molecular weight is 172 g/mol. The normalized spacial score (nSPS) is 43.0. The largest absolute Gasteiger partial charge is 0.374 e. The van der Waals surface area contributed by atoms with E-state index in [1.165, 1.54) is 0 Å². The highest BCUT2D eigenvalue weighted by atomic mass is 16.5. The van der Waals surface area contributed by atoms with Crippen LogP contribution in [-0.4, -0.2) is 31.8 Å². The smallest absolute Gasteiger partial charge is 0.0716 e. The summed E-state index contributed by atoms with van der Waals surface area (Å²) in [7, 11) is 2.01. The van der Waals surface area contributed by atoms with Crippen LogP contribution in [0.25, 0.3) is 0 Å². The fraction of sp³-hybridized carbons (Fsp3) is 1.00. The molecule has 0 aromatic carbocycles. The number of nitrogens with one attached hydrogen (secondary N) is 1. The topological polar surface area (TPSA) is 47.3 Å². The lowest BCUT2D eigenvalue weighted by atomic mass is 9.89. The first-order chi connectivity index (χ1) is 5.69. The van der Waals surface area contributed by atoms with E-state index in [0.717, 1.165) is 6.42 Å². The van der Waals surface area contributed by atoms with E-state index in [2.05, 4.69) is 19.2 Å². The van der Waals surface area contributed by atoms with E-state index >= 15 is 0 Å². The molecule has 0 radical (unpaired) electrons. The van der Waals surface area contributed by atoms with E-state index < -0.39 is 0 Å². The van der Waals surface area contributed by atoms with Gasteiger partial charge in [0, 0.05) is 12.6 Å². The van der Waals surface area contributed by atoms with Crippen LogP contribution in [0.5, 0.6) is 0 Å². The van der Waals surface area contributed by atoms with Crippen molar-refractivity contribution in [2.24, 2.45) is 11.7 Å². The molecule has 0 spiro atoms. The molecule has 3 heteroatoms. The second-order valence-electron chi connectivity index (χ2n) is 3.69. The van der Waals surface area contributed by atoms with Gasteiger partial charge in [0.2, 0.25) is 0 Å². The van der Waals surface area contributed by atoms with Crippen molar-refractivity contribution < 1.29 is 4.74 Å². The van der Waals surface area contributed by atoms with Crippen molar-refractivity contribution in [3.05, 3.63) is 0 Å². The third-order valence-electron chi connectivity index (χ3n) is 2.93. The van der Waals surface area contributed by atoms with Crippen LogP contribution in [-0.2, 0) is 4.74 Å². The van der Waals surface area contributed by atoms with Gasteiger partial charge in [0.1, 0.15) is 0 Å². The Hall–Kier alpha value is -0.120. The Morgan fingerprint density at radius 3 is 2.67 bits per heavy atom. The maximum absolute atomic E-state index is 5.71. The summed E-state index contributed by atoms with van der Waals surface area (Å²) in [6.45, 7) is 4.98. The maximum atomic E-state index is 5.71. The summed E-state index contributed by atoms with van der Waals surface area (Å²) in [4.78, 5) is 0. The molecule has 12 heavy (non-hydrogen) atoms. The molecule has 72 valence electrons. The van der Waals surface area contributed by atoms with Gasteiger partial charge in [0.05, 0.1) is 12.2 Å². The van der Waals surface area contributed by atoms with E-state index in [1.807, 2.05) is 7.05 Å². The minimum Gasteiger partial charge on any atom is -0.374 e. The zero-order valence-corrected chi connectivity index (χ0v) is 8.21. The second kappa shape index (κ2) is 4.21. The zero-order chi connectivity index (χ0) is 9.14. The van der Waals surface area contributed by atoms with Gasteiger partial charge in [-0.25, -0.2) is 0 Å². The van der Waals surface area contributed by atoms with Crippen molar-refractivity contribution in [3.63, 3.8) is 0 Å². The van der Waals surface area contributed by atoms with Crippen molar-refractivity contribution in [3.8, 4) is 0 Å². The predicted molar refractivity (Wildman–Crippen MR) is 50.0 cm³/mol. The highest BCUT2D eigenvalue weighted by Gasteiger charge is 2.31. The van der Waals surface area contributed by atoms with Gasteiger partial charge in [0.25, 0.3) is 0 Å². The Balaban J connectivity index is 2.52. The van der Waals surface area contributed by atoms with Gasteiger partial charge in [-0.05, 0) is 26.3 Å². The van der Waals surface area contributed by atoms with Crippen molar-refractivity contribution in [2.75, 3.05) is 13.6 Å². The summed E-state index contributed by atoms with van der Waals surface area (Å²) in [6.07, 6.45) is 1.61. The van der Waals surface area contributed by atoms with Crippen LogP contribution >= 0.6 is 0 Å². The first kappa shape index (κ1) is 9.96. The van der Waals surface area contributed by atoms with Crippen LogP contribution < -0.4 is 11.1 Å². The van der Waals surface area contributed by atoms with E-state index in [4.69, 9.17) is 10.5 Å². The molecule has 4 atom stereocenters. The zero-order valence-electron chi connectivity index (χ0n) is 8.21. The third kappa shape index (κ3) is 1.97. The van der Waals surface area contributed by atoms with Gasteiger partial charge in [-0.1, -0.05) is 6.92 Å². The van der Waals surface area contributed by atoms with Crippen LogP contribution in [0, 0.1) is 5.92 Å². The quantitative estimate of drug-likeness (QED) is 0.631. The molecule has 0 bridgehead atoms. The summed E-state index contributed by atoms with van der Waals surface area (Å²) in [6, 6.07) is 0.558. The summed E-state index contributed by atoms with van der Waals surface area (Å²) >= 11 is 0. The fourth-order valence-electron chi connectivity index (χ4n) is 1.84. The summed E-state index contributed by atoms with van der Waals surface area (Å²) in [5, 5.41) is 3.31. The Kier molecular flexibility index (Phi) is 3.50. The minimum absolute atomic E-state index is 0.244. The van der Waals surface area contributed by atoms with Crippen molar-refractivity contribution in [1.82, 2.24) is 5.32 Å². The van der Waals surface area contributed by atoms with Crippen LogP contribution in [0.1, 0.15) is 20.3 Å². The molecular formula is C9H20N2O. The molecule has 1 saturated heterocycles. The lowest BCUT2D eigenvalue weighted by Crippen LogP contribution is -2.49. The number of nitrogens with two attached hydrogens (primary N) is 1.